The lowest BCUT2D eigenvalue weighted by Gasteiger charge is -2.17. The van der Waals surface area contributed by atoms with Crippen LogP contribution in [0.3, 0.4) is 0 Å². The van der Waals surface area contributed by atoms with Gasteiger partial charge in [-0.2, -0.15) is 0 Å². The van der Waals surface area contributed by atoms with Crippen molar-refractivity contribution in [2.75, 3.05) is 6.54 Å². The first-order valence-electron chi connectivity index (χ1n) is 6.73. The Morgan fingerprint density at radius 2 is 1.89 bits per heavy atom. The zero-order valence-electron chi connectivity index (χ0n) is 11.6. The van der Waals surface area contributed by atoms with Gasteiger partial charge >= 0.3 is 0 Å². The molecule has 0 bridgehead atoms. The molecule has 6 heteroatoms. The lowest BCUT2D eigenvalue weighted by molar-refractivity contribution is -0.126. The average molecular weight is 270 g/mol. The number of aldehydes is 1. The van der Waals surface area contributed by atoms with Crippen LogP contribution in [0.4, 0.5) is 0 Å². The summed E-state index contributed by atoms with van der Waals surface area (Å²) in [5, 5.41) is 5.28. The fourth-order valence-electron chi connectivity index (χ4n) is 1.67. The van der Waals surface area contributed by atoms with Crippen LogP contribution >= 0.6 is 0 Å². The standard InChI is InChI=1S/C13H22N2O4/c1-4-6-14-12(17)10-11(19-10)13(18)15-9(7-16)8(3)5-2/h7-11H,4-6H2,1-3H3,(H,14,17)(H,15,18)/t8-,9+,10-,11-/m0/s1. The summed E-state index contributed by atoms with van der Waals surface area (Å²) in [4.78, 5) is 34.3. The lowest BCUT2D eigenvalue weighted by atomic mass is 10.0. The molecule has 2 N–H and O–H groups in total. The van der Waals surface area contributed by atoms with Gasteiger partial charge < -0.3 is 20.2 Å². The van der Waals surface area contributed by atoms with Gasteiger partial charge in [-0.25, -0.2) is 0 Å². The van der Waals surface area contributed by atoms with Gasteiger partial charge in [0, 0.05) is 6.54 Å². The largest absolute Gasteiger partial charge is 0.354 e. The van der Waals surface area contributed by atoms with Crippen LogP contribution in [0, 0.1) is 5.92 Å². The Bertz CT molecular complexity index is 346. The average Bonchev–Trinajstić information content (AvgIpc) is 3.21. The number of amides is 2. The van der Waals surface area contributed by atoms with Gasteiger partial charge in [0.15, 0.2) is 12.2 Å². The molecule has 1 aliphatic heterocycles. The highest BCUT2D eigenvalue weighted by molar-refractivity contribution is 5.95. The van der Waals surface area contributed by atoms with Crippen LogP contribution in [-0.2, 0) is 19.1 Å². The van der Waals surface area contributed by atoms with Gasteiger partial charge in [0.25, 0.3) is 11.8 Å². The predicted octanol–water partition coefficient (Wildman–Crippen LogP) is 0.00980. The zero-order valence-corrected chi connectivity index (χ0v) is 11.6. The molecule has 1 saturated heterocycles. The molecule has 0 spiro atoms. The van der Waals surface area contributed by atoms with E-state index in [9.17, 15) is 14.4 Å². The number of hydrogen-bond donors (Lipinski definition) is 2. The Labute approximate surface area is 113 Å². The number of rotatable bonds is 8. The van der Waals surface area contributed by atoms with Crippen molar-refractivity contribution in [1.29, 1.82) is 0 Å². The second-order valence-corrected chi connectivity index (χ2v) is 4.82. The Kier molecular flexibility index (Phi) is 5.95. The van der Waals surface area contributed by atoms with Gasteiger partial charge in [0.2, 0.25) is 0 Å². The van der Waals surface area contributed by atoms with Crippen molar-refractivity contribution in [1.82, 2.24) is 10.6 Å². The molecule has 4 atom stereocenters. The minimum absolute atomic E-state index is 0.0626. The van der Waals surface area contributed by atoms with Crippen LogP contribution in [-0.4, -0.2) is 42.9 Å². The molecular formula is C13H22N2O4. The van der Waals surface area contributed by atoms with Crippen molar-refractivity contribution in [3.8, 4) is 0 Å². The summed E-state index contributed by atoms with van der Waals surface area (Å²) in [6, 6.07) is -0.527. The molecule has 19 heavy (non-hydrogen) atoms. The highest BCUT2D eigenvalue weighted by atomic mass is 16.6. The van der Waals surface area contributed by atoms with Crippen molar-refractivity contribution in [2.24, 2.45) is 5.92 Å². The molecular weight excluding hydrogens is 248 g/mol. The summed E-state index contributed by atoms with van der Waals surface area (Å²) < 4.78 is 5.06. The number of ether oxygens (including phenoxy) is 1. The molecule has 0 radical (unpaired) electrons. The third-order valence-corrected chi connectivity index (χ3v) is 3.27. The van der Waals surface area contributed by atoms with E-state index in [2.05, 4.69) is 10.6 Å². The highest BCUT2D eigenvalue weighted by Crippen LogP contribution is 2.22. The molecule has 6 nitrogen and oxygen atoms in total. The molecule has 108 valence electrons. The zero-order chi connectivity index (χ0) is 14.4. The highest BCUT2D eigenvalue weighted by Gasteiger charge is 2.50. The molecule has 0 aromatic rings. The van der Waals surface area contributed by atoms with Crippen LogP contribution in [0.15, 0.2) is 0 Å². The van der Waals surface area contributed by atoms with Crippen LogP contribution in [0.1, 0.15) is 33.6 Å². The lowest BCUT2D eigenvalue weighted by Crippen LogP contribution is -2.43. The van der Waals surface area contributed by atoms with E-state index in [1.54, 1.807) is 0 Å². The fraction of sp³-hybridized carbons (Fsp3) is 0.769. The third-order valence-electron chi connectivity index (χ3n) is 3.27. The van der Waals surface area contributed by atoms with E-state index in [-0.39, 0.29) is 11.8 Å². The van der Waals surface area contributed by atoms with E-state index < -0.39 is 24.2 Å². The molecule has 1 heterocycles. The Morgan fingerprint density at radius 3 is 2.42 bits per heavy atom. The van der Waals surface area contributed by atoms with Crippen molar-refractivity contribution in [3.63, 3.8) is 0 Å². The van der Waals surface area contributed by atoms with Crippen molar-refractivity contribution in [2.45, 2.75) is 51.9 Å². The maximum atomic E-state index is 11.8. The molecule has 1 rings (SSSR count). The van der Waals surface area contributed by atoms with E-state index >= 15 is 0 Å². The number of epoxide rings is 1. The number of nitrogens with one attached hydrogen (secondary N) is 2. The Morgan fingerprint density at radius 1 is 1.26 bits per heavy atom. The smallest absolute Gasteiger partial charge is 0.253 e. The van der Waals surface area contributed by atoms with Gasteiger partial charge in [-0.3, -0.25) is 9.59 Å². The summed E-state index contributed by atoms with van der Waals surface area (Å²) in [5.41, 5.74) is 0. The number of carbonyl (C=O) groups excluding carboxylic acids is 3. The summed E-state index contributed by atoms with van der Waals surface area (Å²) in [6.45, 7) is 6.34. The molecule has 0 saturated carbocycles. The summed E-state index contributed by atoms with van der Waals surface area (Å²) in [6.07, 6.45) is 0.867. The van der Waals surface area contributed by atoms with Gasteiger partial charge in [-0.05, 0) is 12.3 Å². The first-order valence-corrected chi connectivity index (χ1v) is 6.73. The maximum Gasteiger partial charge on any atom is 0.253 e. The molecule has 0 aromatic carbocycles. The first-order chi connectivity index (χ1) is 9.04. The monoisotopic (exact) mass is 270 g/mol. The van der Waals surface area contributed by atoms with Crippen LogP contribution in [0.2, 0.25) is 0 Å². The van der Waals surface area contributed by atoms with E-state index in [1.807, 2.05) is 20.8 Å². The second-order valence-electron chi connectivity index (χ2n) is 4.82. The maximum absolute atomic E-state index is 11.8. The molecule has 1 aliphatic rings. The van der Waals surface area contributed by atoms with Crippen LogP contribution < -0.4 is 10.6 Å². The normalized spacial score (nSPS) is 24.2. The number of carbonyl (C=O) groups is 3. The van der Waals surface area contributed by atoms with Gasteiger partial charge in [0.05, 0.1) is 6.04 Å². The van der Waals surface area contributed by atoms with Crippen molar-refractivity contribution in [3.05, 3.63) is 0 Å². The number of hydrogen-bond acceptors (Lipinski definition) is 4. The Balaban J connectivity index is 2.40. The summed E-state index contributed by atoms with van der Waals surface area (Å²) in [5.74, 6) is -0.602. The second kappa shape index (κ2) is 7.23. The molecule has 1 fully saturated rings. The minimum Gasteiger partial charge on any atom is -0.354 e. The van der Waals surface area contributed by atoms with Gasteiger partial charge in [-0.1, -0.05) is 27.2 Å². The summed E-state index contributed by atoms with van der Waals surface area (Å²) in [7, 11) is 0. The van der Waals surface area contributed by atoms with Crippen LogP contribution in [0.5, 0.6) is 0 Å². The molecule has 0 aliphatic carbocycles. The third kappa shape index (κ3) is 4.31. The SMILES string of the molecule is CCCNC(=O)[C@H]1O[C@@H]1C(=O)N[C@H](C=O)[C@@H](C)CC. The minimum atomic E-state index is -0.761. The Hall–Kier alpha value is -1.43. The van der Waals surface area contributed by atoms with E-state index in [0.717, 1.165) is 19.1 Å². The van der Waals surface area contributed by atoms with Gasteiger partial charge in [0.1, 0.15) is 6.29 Å². The first kappa shape index (κ1) is 15.6. The van der Waals surface area contributed by atoms with E-state index in [0.29, 0.717) is 6.54 Å². The fourth-order valence-corrected chi connectivity index (χ4v) is 1.67. The van der Waals surface area contributed by atoms with E-state index in [4.69, 9.17) is 4.74 Å². The molecule has 2 amide bonds. The summed E-state index contributed by atoms with van der Waals surface area (Å²) >= 11 is 0. The van der Waals surface area contributed by atoms with Crippen LogP contribution in [0.25, 0.3) is 0 Å². The van der Waals surface area contributed by atoms with Crippen molar-refractivity contribution >= 4 is 18.1 Å². The predicted molar refractivity (Wildman–Crippen MR) is 69.4 cm³/mol. The topological polar surface area (TPSA) is 87.8 Å². The van der Waals surface area contributed by atoms with E-state index in [1.165, 1.54) is 0 Å². The van der Waals surface area contributed by atoms with Crippen molar-refractivity contribution < 1.29 is 19.1 Å². The quantitative estimate of drug-likeness (QED) is 0.480. The molecule has 0 aromatic heterocycles. The molecule has 0 unspecified atom stereocenters. The van der Waals surface area contributed by atoms with Gasteiger partial charge in [-0.15, -0.1) is 0 Å².